The van der Waals surface area contributed by atoms with Crippen molar-refractivity contribution in [1.82, 2.24) is 0 Å². The fourth-order valence-corrected chi connectivity index (χ4v) is 4.00. The van der Waals surface area contributed by atoms with Gasteiger partial charge in [0, 0.05) is 17.8 Å². The van der Waals surface area contributed by atoms with Crippen LogP contribution in [-0.2, 0) is 18.0 Å². The van der Waals surface area contributed by atoms with Crippen LogP contribution in [0.5, 0.6) is 17.2 Å². The Morgan fingerprint density at radius 1 is 0.976 bits per heavy atom. The van der Waals surface area contributed by atoms with Crippen LogP contribution in [0, 0.1) is 21.4 Å². The van der Waals surface area contributed by atoms with Crippen molar-refractivity contribution in [3.63, 3.8) is 0 Å². The van der Waals surface area contributed by atoms with Crippen molar-refractivity contribution in [2.45, 2.75) is 13.2 Å². The molecule has 0 aromatic heterocycles. The zero-order chi connectivity index (χ0) is 29.2. The summed E-state index contributed by atoms with van der Waals surface area (Å²) in [5.74, 6) is 0.580. The number of hydrogen-bond acceptors (Lipinski definition) is 7. The van der Waals surface area contributed by atoms with Gasteiger partial charge < -0.3 is 19.5 Å². The summed E-state index contributed by atoms with van der Waals surface area (Å²) in [4.78, 5) is 23.2. The van der Waals surface area contributed by atoms with Crippen LogP contribution in [0.25, 0.3) is 6.08 Å². The number of nitrogens with one attached hydrogen (secondary N) is 1. The van der Waals surface area contributed by atoms with Gasteiger partial charge in [0.05, 0.1) is 17.1 Å². The number of hydrogen-bond donors (Lipinski definition) is 1. The van der Waals surface area contributed by atoms with Crippen LogP contribution in [-0.4, -0.2) is 17.9 Å². The van der Waals surface area contributed by atoms with Crippen molar-refractivity contribution < 1.29 is 23.9 Å². The number of benzene rings is 4. The molecule has 0 fully saturated rings. The lowest BCUT2D eigenvalue weighted by Gasteiger charge is -2.13. The SMILES string of the molecule is COc1cc(/C=C(\C#N)C(=O)Nc2ccc(OCc3ccccc3)cc2)cc(Cl)c1OCc1ccc([N+](=O)[O-])cc1. The van der Waals surface area contributed by atoms with Gasteiger partial charge in [0.15, 0.2) is 11.5 Å². The molecule has 0 bridgehead atoms. The number of nitro benzene ring substituents is 1. The van der Waals surface area contributed by atoms with Gasteiger partial charge in [-0.15, -0.1) is 0 Å². The highest BCUT2D eigenvalue weighted by atomic mass is 35.5. The molecule has 206 valence electrons. The van der Waals surface area contributed by atoms with Crippen LogP contribution in [0.1, 0.15) is 16.7 Å². The Balaban J connectivity index is 1.41. The third kappa shape index (κ3) is 7.85. The summed E-state index contributed by atoms with van der Waals surface area (Å²) in [6.07, 6.45) is 1.39. The zero-order valence-electron chi connectivity index (χ0n) is 21.9. The summed E-state index contributed by atoms with van der Waals surface area (Å²) in [6.45, 7) is 0.506. The summed E-state index contributed by atoms with van der Waals surface area (Å²) < 4.78 is 17.0. The average Bonchev–Trinajstić information content (AvgIpc) is 2.99. The van der Waals surface area contributed by atoms with E-state index in [-0.39, 0.29) is 34.4 Å². The van der Waals surface area contributed by atoms with Crippen molar-refractivity contribution in [1.29, 1.82) is 5.26 Å². The predicted octanol–water partition coefficient (Wildman–Crippen LogP) is 6.96. The second-order valence-corrected chi connectivity index (χ2v) is 9.08. The monoisotopic (exact) mass is 569 g/mol. The van der Waals surface area contributed by atoms with Gasteiger partial charge in [0.25, 0.3) is 11.6 Å². The number of carbonyl (C=O) groups is 1. The third-order valence-electron chi connectivity index (χ3n) is 5.82. The molecule has 4 aromatic rings. The largest absolute Gasteiger partial charge is 0.493 e. The Morgan fingerprint density at radius 3 is 2.27 bits per heavy atom. The highest BCUT2D eigenvalue weighted by Gasteiger charge is 2.15. The fourth-order valence-electron chi connectivity index (χ4n) is 3.72. The molecule has 0 saturated heterocycles. The number of methoxy groups -OCH3 is 1. The maximum atomic E-state index is 12.8. The van der Waals surface area contributed by atoms with E-state index in [1.807, 2.05) is 36.4 Å². The van der Waals surface area contributed by atoms with Gasteiger partial charge >= 0.3 is 0 Å². The van der Waals surface area contributed by atoms with Crippen molar-refractivity contribution in [3.8, 4) is 23.3 Å². The lowest BCUT2D eigenvalue weighted by Crippen LogP contribution is -2.13. The average molecular weight is 570 g/mol. The third-order valence-corrected chi connectivity index (χ3v) is 6.10. The maximum absolute atomic E-state index is 12.8. The number of halogens is 1. The Hall–Kier alpha value is -5.33. The van der Waals surface area contributed by atoms with Gasteiger partial charge in [0.2, 0.25) is 0 Å². The normalized spacial score (nSPS) is 10.8. The van der Waals surface area contributed by atoms with E-state index < -0.39 is 10.8 Å². The minimum Gasteiger partial charge on any atom is -0.493 e. The zero-order valence-corrected chi connectivity index (χ0v) is 22.6. The van der Waals surface area contributed by atoms with Crippen LogP contribution < -0.4 is 19.5 Å². The first-order chi connectivity index (χ1) is 19.9. The number of anilines is 1. The summed E-state index contributed by atoms with van der Waals surface area (Å²) in [6, 6.07) is 27.5. The first-order valence-corrected chi connectivity index (χ1v) is 12.7. The molecule has 4 rings (SSSR count). The molecule has 1 amide bonds. The van der Waals surface area contributed by atoms with Crippen molar-refractivity contribution >= 4 is 35.0 Å². The lowest BCUT2D eigenvalue weighted by molar-refractivity contribution is -0.384. The molecule has 0 aliphatic carbocycles. The number of nitrogens with zero attached hydrogens (tertiary/aromatic N) is 2. The molecular formula is C31H24ClN3O6. The van der Waals surface area contributed by atoms with E-state index in [0.717, 1.165) is 5.56 Å². The van der Waals surface area contributed by atoms with Gasteiger partial charge in [-0.05, 0) is 71.3 Å². The lowest BCUT2D eigenvalue weighted by atomic mass is 10.1. The van der Waals surface area contributed by atoms with E-state index in [0.29, 0.717) is 29.2 Å². The molecule has 0 aliphatic rings. The molecule has 4 aromatic carbocycles. The van der Waals surface area contributed by atoms with Crippen LogP contribution in [0.2, 0.25) is 5.02 Å². The molecule has 0 radical (unpaired) electrons. The van der Waals surface area contributed by atoms with Gasteiger partial charge in [-0.25, -0.2) is 0 Å². The van der Waals surface area contributed by atoms with E-state index in [4.69, 9.17) is 25.8 Å². The standard InChI is InChI=1S/C31H24ClN3O6/c1-39-29-17-23(16-28(32)30(29)41-20-22-7-11-26(12-8-22)35(37)38)15-24(18-33)31(36)34-25-9-13-27(14-10-25)40-19-21-5-3-2-4-6-21/h2-17H,19-20H2,1H3,(H,34,36)/b24-15+. The first-order valence-electron chi connectivity index (χ1n) is 12.3. The van der Waals surface area contributed by atoms with Crippen molar-refractivity contribution in [2.75, 3.05) is 12.4 Å². The van der Waals surface area contributed by atoms with Crippen molar-refractivity contribution in [2.24, 2.45) is 0 Å². The number of carbonyl (C=O) groups excluding carboxylic acids is 1. The maximum Gasteiger partial charge on any atom is 0.269 e. The molecule has 0 heterocycles. The van der Waals surface area contributed by atoms with Gasteiger partial charge in [-0.3, -0.25) is 14.9 Å². The molecule has 9 nitrogen and oxygen atoms in total. The fraction of sp³-hybridized carbons (Fsp3) is 0.0968. The molecule has 0 unspecified atom stereocenters. The first kappa shape index (κ1) is 28.7. The minimum atomic E-state index is -0.598. The van der Waals surface area contributed by atoms with Crippen LogP contribution in [0.3, 0.4) is 0 Å². The molecule has 0 atom stereocenters. The predicted molar refractivity (Wildman–Crippen MR) is 155 cm³/mol. The number of ether oxygens (including phenoxy) is 3. The Bertz CT molecular complexity index is 1600. The topological polar surface area (TPSA) is 124 Å². The Morgan fingerprint density at radius 2 is 1.63 bits per heavy atom. The second-order valence-electron chi connectivity index (χ2n) is 8.67. The molecular weight excluding hydrogens is 546 g/mol. The van der Waals surface area contributed by atoms with E-state index in [1.165, 1.54) is 25.3 Å². The number of non-ortho nitro benzene ring substituents is 1. The number of rotatable bonds is 11. The van der Waals surface area contributed by atoms with Gasteiger partial charge in [0.1, 0.15) is 30.6 Å². The Labute approximate surface area is 241 Å². The molecule has 0 saturated carbocycles. The number of nitro groups is 1. The number of nitriles is 1. The highest BCUT2D eigenvalue weighted by molar-refractivity contribution is 6.32. The van der Waals surface area contributed by atoms with E-state index in [2.05, 4.69) is 5.32 Å². The molecule has 41 heavy (non-hydrogen) atoms. The highest BCUT2D eigenvalue weighted by Crippen LogP contribution is 2.37. The molecule has 0 aliphatic heterocycles. The summed E-state index contributed by atoms with van der Waals surface area (Å²) in [5, 5.41) is 23.4. The van der Waals surface area contributed by atoms with Gasteiger partial charge in [-0.1, -0.05) is 41.9 Å². The van der Waals surface area contributed by atoms with Gasteiger partial charge in [-0.2, -0.15) is 5.26 Å². The summed E-state index contributed by atoms with van der Waals surface area (Å²) in [5.41, 5.74) is 2.50. The molecule has 10 heteroatoms. The number of amides is 1. The molecule has 1 N–H and O–H groups in total. The summed E-state index contributed by atoms with van der Waals surface area (Å²) in [7, 11) is 1.43. The quantitative estimate of drug-likeness (QED) is 0.0895. The van der Waals surface area contributed by atoms with Crippen LogP contribution >= 0.6 is 11.6 Å². The van der Waals surface area contributed by atoms with Crippen LogP contribution in [0.4, 0.5) is 11.4 Å². The van der Waals surface area contributed by atoms with Crippen LogP contribution in [0.15, 0.2) is 96.6 Å². The smallest absolute Gasteiger partial charge is 0.269 e. The summed E-state index contributed by atoms with van der Waals surface area (Å²) >= 11 is 6.44. The second kappa shape index (κ2) is 13.6. The van der Waals surface area contributed by atoms with Crippen molar-refractivity contribution in [3.05, 3.63) is 128 Å². The molecule has 0 spiro atoms. The van der Waals surface area contributed by atoms with E-state index in [9.17, 15) is 20.2 Å². The minimum absolute atomic E-state index is 0.0253. The van der Waals surface area contributed by atoms with E-state index in [1.54, 1.807) is 48.5 Å². The Kier molecular flexibility index (Phi) is 9.54. The van der Waals surface area contributed by atoms with E-state index >= 15 is 0 Å².